The Labute approximate surface area is 82.5 Å². The first-order valence-electron chi connectivity index (χ1n) is 3.80. The van der Waals surface area contributed by atoms with Crippen LogP contribution >= 0.6 is 0 Å². The highest BCUT2D eigenvalue weighted by Crippen LogP contribution is 2.18. The number of hydrogen-bond donors (Lipinski definition) is 0. The number of ether oxygens (including phenoxy) is 1. The van der Waals surface area contributed by atoms with Gasteiger partial charge in [0.1, 0.15) is 0 Å². The van der Waals surface area contributed by atoms with Crippen LogP contribution in [0.3, 0.4) is 0 Å². The number of hydrogen-bond acceptors (Lipinski definition) is 3. The van der Waals surface area contributed by atoms with Crippen molar-refractivity contribution in [2.75, 3.05) is 0 Å². The maximum Gasteiger partial charge on any atom is 0.379 e. The van der Waals surface area contributed by atoms with Crippen molar-refractivity contribution < 1.29 is 27.5 Å². The van der Waals surface area contributed by atoms with E-state index in [0.717, 1.165) is 0 Å². The molecule has 0 radical (unpaired) electrons. The third-order valence-corrected chi connectivity index (χ3v) is 1.55. The predicted molar refractivity (Wildman–Crippen MR) is 43.3 cm³/mol. The summed E-state index contributed by atoms with van der Waals surface area (Å²) in [5, 5.41) is 0. The topological polar surface area (TPSA) is 43.4 Å². The molecule has 80 valence electrons. The summed E-state index contributed by atoms with van der Waals surface area (Å²) in [4.78, 5) is 21.7. The molecule has 0 saturated heterocycles. The number of alkyl halides is 3. The van der Waals surface area contributed by atoms with Crippen LogP contribution in [0.25, 0.3) is 0 Å². The average molecular weight is 218 g/mol. The largest absolute Gasteiger partial charge is 0.386 e. The molecule has 1 aliphatic heterocycles. The number of rotatable bonds is 0. The minimum Gasteiger partial charge on any atom is -0.386 e. The summed E-state index contributed by atoms with van der Waals surface area (Å²) >= 11 is 0. The molecular formula is C9H5F3O3. The van der Waals surface area contributed by atoms with Crippen molar-refractivity contribution in [1.82, 2.24) is 0 Å². The van der Waals surface area contributed by atoms with Crippen molar-refractivity contribution in [3.8, 4) is 0 Å². The molecule has 0 fully saturated rings. The summed E-state index contributed by atoms with van der Waals surface area (Å²) in [6.45, 7) is -3.67. The molecule has 0 aliphatic carbocycles. The Balaban J connectivity index is 0.000000245. The van der Waals surface area contributed by atoms with Crippen molar-refractivity contribution in [3.63, 3.8) is 0 Å². The average Bonchev–Trinajstić information content (AvgIpc) is 2.43. The van der Waals surface area contributed by atoms with E-state index in [1.165, 1.54) is 0 Å². The normalized spacial score (nSPS) is 13.1. The summed E-state index contributed by atoms with van der Waals surface area (Å²) in [6, 6.07) is 6.53. The lowest BCUT2D eigenvalue weighted by molar-refractivity contribution is 0.00815. The second-order valence-electron chi connectivity index (χ2n) is 2.47. The first-order chi connectivity index (χ1) is 7.02. The Morgan fingerprint density at radius 3 is 1.60 bits per heavy atom. The molecule has 3 nitrogen and oxygen atoms in total. The Morgan fingerprint density at radius 2 is 1.27 bits per heavy atom. The van der Waals surface area contributed by atoms with Crippen molar-refractivity contribution >= 4 is 11.9 Å². The molecule has 0 saturated carbocycles. The molecule has 0 amide bonds. The van der Waals surface area contributed by atoms with Gasteiger partial charge in [0.2, 0.25) is 0 Å². The third-order valence-electron chi connectivity index (χ3n) is 1.55. The smallest absolute Gasteiger partial charge is 0.379 e. The van der Waals surface area contributed by atoms with Crippen LogP contribution in [0.2, 0.25) is 0 Å². The van der Waals surface area contributed by atoms with E-state index in [1.54, 1.807) is 24.3 Å². The van der Waals surface area contributed by atoms with E-state index in [9.17, 15) is 22.8 Å². The van der Waals surface area contributed by atoms with Crippen LogP contribution in [-0.4, -0.2) is 18.6 Å². The van der Waals surface area contributed by atoms with Gasteiger partial charge in [-0.3, -0.25) is 0 Å². The molecule has 1 aromatic carbocycles. The van der Waals surface area contributed by atoms with Gasteiger partial charge in [-0.05, 0) is 12.1 Å². The zero-order valence-electron chi connectivity index (χ0n) is 7.25. The van der Waals surface area contributed by atoms with E-state index in [-0.39, 0.29) is 0 Å². The molecule has 6 heteroatoms. The number of carbonyl (C=O) groups excluding carboxylic acids is 2. The molecule has 15 heavy (non-hydrogen) atoms. The van der Waals surface area contributed by atoms with Gasteiger partial charge in [-0.2, -0.15) is 13.2 Å². The molecule has 1 heterocycles. The number of carbonyl (C=O) groups is 2. The number of cyclic esters (lactones) is 2. The van der Waals surface area contributed by atoms with Crippen LogP contribution in [0.4, 0.5) is 13.2 Å². The molecule has 0 atom stereocenters. The molecule has 1 aliphatic rings. The Kier molecular flexibility index (Phi) is 3.43. The zero-order valence-corrected chi connectivity index (χ0v) is 7.25. The van der Waals surface area contributed by atoms with Crippen molar-refractivity contribution in [3.05, 3.63) is 35.4 Å². The number of benzene rings is 1. The summed E-state index contributed by atoms with van der Waals surface area (Å²) in [5.74, 6) is -1.10. The van der Waals surface area contributed by atoms with E-state index < -0.39 is 18.6 Å². The Morgan fingerprint density at radius 1 is 0.933 bits per heavy atom. The maximum atomic E-state index is 10.8. The second kappa shape index (κ2) is 4.59. The highest BCUT2D eigenvalue weighted by Gasteiger charge is 2.28. The second-order valence-corrected chi connectivity index (χ2v) is 2.47. The molecule has 2 rings (SSSR count). The third kappa shape index (κ3) is 2.80. The Hall–Kier alpha value is -1.85. The number of fused-ring (bicyclic) bond motifs is 1. The number of esters is 2. The lowest BCUT2D eigenvalue weighted by Crippen LogP contribution is -1.96. The fourth-order valence-electron chi connectivity index (χ4n) is 1.03. The predicted octanol–water partition coefficient (Wildman–Crippen LogP) is 2.18. The SMILES string of the molecule is FC(F)F.O=C1OC(=O)c2ccccc21. The van der Waals surface area contributed by atoms with Gasteiger partial charge in [0.25, 0.3) is 0 Å². The van der Waals surface area contributed by atoms with Crippen molar-refractivity contribution in [2.45, 2.75) is 6.68 Å². The lowest BCUT2D eigenvalue weighted by atomic mass is 10.1. The number of halogens is 3. The van der Waals surface area contributed by atoms with Gasteiger partial charge in [0, 0.05) is 0 Å². The van der Waals surface area contributed by atoms with E-state index >= 15 is 0 Å². The van der Waals surface area contributed by atoms with Gasteiger partial charge in [0.15, 0.2) is 0 Å². The molecule has 0 bridgehead atoms. The quantitative estimate of drug-likeness (QED) is 0.495. The first kappa shape index (κ1) is 11.2. The summed E-state index contributed by atoms with van der Waals surface area (Å²) in [5.41, 5.74) is 0.718. The van der Waals surface area contributed by atoms with Crippen LogP contribution < -0.4 is 0 Å². The minimum atomic E-state index is -3.67. The fourth-order valence-corrected chi connectivity index (χ4v) is 1.03. The van der Waals surface area contributed by atoms with E-state index in [4.69, 9.17) is 0 Å². The Bertz CT molecular complexity index is 354. The molecule has 0 aromatic heterocycles. The van der Waals surface area contributed by atoms with Gasteiger partial charge in [-0.25, -0.2) is 9.59 Å². The van der Waals surface area contributed by atoms with E-state index in [1.807, 2.05) is 0 Å². The summed E-state index contributed by atoms with van der Waals surface area (Å²) < 4.78 is 33.4. The standard InChI is InChI=1S/C8H4O3.CHF3/c9-7-5-3-1-2-4-6(5)8(10)11-7;2-1(3)4/h1-4H;1H. The van der Waals surface area contributed by atoms with Gasteiger partial charge < -0.3 is 4.74 Å². The first-order valence-corrected chi connectivity index (χ1v) is 3.80. The molecular weight excluding hydrogens is 213 g/mol. The van der Waals surface area contributed by atoms with Gasteiger partial charge >= 0.3 is 18.6 Å². The molecule has 1 aromatic rings. The van der Waals surface area contributed by atoms with Crippen molar-refractivity contribution in [2.24, 2.45) is 0 Å². The molecule has 0 unspecified atom stereocenters. The molecule has 0 spiro atoms. The fraction of sp³-hybridized carbons (Fsp3) is 0.111. The summed E-state index contributed by atoms with van der Waals surface area (Å²) in [6.07, 6.45) is 0. The molecule has 0 N–H and O–H groups in total. The van der Waals surface area contributed by atoms with Crippen LogP contribution in [0.5, 0.6) is 0 Å². The highest BCUT2D eigenvalue weighted by molar-refractivity contribution is 6.14. The van der Waals surface area contributed by atoms with Gasteiger partial charge in [-0.1, -0.05) is 12.1 Å². The van der Waals surface area contributed by atoms with Crippen molar-refractivity contribution in [1.29, 1.82) is 0 Å². The highest BCUT2D eigenvalue weighted by atomic mass is 19.4. The van der Waals surface area contributed by atoms with Crippen LogP contribution in [-0.2, 0) is 4.74 Å². The van der Waals surface area contributed by atoms with Crippen LogP contribution in [0.1, 0.15) is 20.7 Å². The van der Waals surface area contributed by atoms with Crippen LogP contribution in [0, 0.1) is 0 Å². The van der Waals surface area contributed by atoms with Gasteiger partial charge in [0.05, 0.1) is 11.1 Å². The minimum absolute atomic E-state index is 0.359. The van der Waals surface area contributed by atoms with Crippen LogP contribution in [0.15, 0.2) is 24.3 Å². The lowest BCUT2D eigenvalue weighted by Gasteiger charge is -1.86. The summed E-state index contributed by atoms with van der Waals surface area (Å²) in [7, 11) is 0. The van der Waals surface area contributed by atoms with E-state index in [0.29, 0.717) is 11.1 Å². The zero-order chi connectivity index (χ0) is 11.4. The van der Waals surface area contributed by atoms with E-state index in [2.05, 4.69) is 4.74 Å². The van der Waals surface area contributed by atoms with Gasteiger partial charge in [-0.15, -0.1) is 0 Å². The monoisotopic (exact) mass is 218 g/mol. The maximum absolute atomic E-state index is 10.8.